The van der Waals surface area contributed by atoms with Gasteiger partial charge in [-0.25, -0.2) is 4.98 Å². The Labute approximate surface area is 167 Å². The minimum atomic E-state index is -0.681. The van der Waals surface area contributed by atoms with E-state index in [0.29, 0.717) is 22.9 Å². The maximum atomic E-state index is 12.9. The highest BCUT2D eigenvalue weighted by molar-refractivity contribution is 7.15. The molecule has 6 rings (SSSR count). The van der Waals surface area contributed by atoms with E-state index in [1.165, 1.54) is 11.3 Å². The number of ether oxygens (including phenoxy) is 1. The van der Waals surface area contributed by atoms with E-state index in [4.69, 9.17) is 4.74 Å². The minimum Gasteiger partial charge on any atom is -0.467 e. The van der Waals surface area contributed by atoms with Crippen LogP contribution >= 0.6 is 11.3 Å². The van der Waals surface area contributed by atoms with Gasteiger partial charge in [-0.05, 0) is 51.2 Å². The third-order valence-electron chi connectivity index (χ3n) is 6.56. The Bertz CT molecular complexity index is 952. The van der Waals surface area contributed by atoms with Crippen molar-refractivity contribution >= 4 is 28.3 Å². The van der Waals surface area contributed by atoms with Gasteiger partial charge < -0.3 is 15.4 Å². The molecule has 3 aliphatic carbocycles. The second-order valence-electron chi connectivity index (χ2n) is 8.17. The number of hydrogen-bond acceptors (Lipinski definition) is 5. The molecular weight excluding hydrogens is 374 g/mol. The minimum absolute atomic E-state index is 0.0424. The van der Waals surface area contributed by atoms with E-state index in [-0.39, 0.29) is 29.6 Å². The monoisotopic (exact) mass is 397 g/mol. The zero-order valence-corrected chi connectivity index (χ0v) is 16.8. The highest BCUT2D eigenvalue weighted by Gasteiger charge is 2.57. The van der Waals surface area contributed by atoms with Crippen molar-refractivity contribution in [3.63, 3.8) is 0 Å². The normalized spacial score (nSPS) is 30.5. The summed E-state index contributed by atoms with van der Waals surface area (Å²) in [6, 6.07) is 7.37. The number of benzene rings is 1. The number of aryl methyl sites for hydroxylation is 2. The van der Waals surface area contributed by atoms with E-state index in [0.717, 1.165) is 29.8 Å². The average Bonchev–Trinajstić information content (AvgIpc) is 2.99. The predicted octanol–water partition coefficient (Wildman–Crippen LogP) is 3.65. The highest BCUT2D eigenvalue weighted by Crippen LogP contribution is 2.52. The molecule has 3 fully saturated rings. The van der Waals surface area contributed by atoms with Gasteiger partial charge in [0.25, 0.3) is 5.91 Å². The summed E-state index contributed by atoms with van der Waals surface area (Å²) in [6.45, 7) is 3.96. The van der Waals surface area contributed by atoms with Gasteiger partial charge in [-0.2, -0.15) is 0 Å². The lowest BCUT2D eigenvalue weighted by molar-refractivity contribution is -0.142. The number of anilines is 1. The Hall–Kier alpha value is -2.41. The number of carbonyl (C=O) groups excluding carboxylic acids is 2. The van der Waals surface area contributed by atoms with E-state index in [1.54, 1.807) is 6.07 Å². The fourth-order valence-corrected chi connectivity index (χ4v) is 5.82. The lowest BCUT2D eigenvalue weighted by atomic mass is 9.60. The second-order valence-corrected chi connectivity index (χ2v) is 9.38. The van der Waals surface area contributed by atoms with Crippen LogP contribution in [0.5, 0.6) is 5.75 Å². The molecule has 1 aromatic heterocycles. The summed E-state index contributed by atoms with van der Waals surface area (Å²) in [5, 5.41) is 6.82. The molecule has 2 aromatic rings. The quantitative estimate of drug-likeness (QED) is 0.811. The third-order valence-corrected chi connectivity index (χ3v) is 7.55. The molecule has 0 unspecified atom stereocenters. The summed E-state index contributed by atoms with van der Waals surface area (Å²) in [5.41, 5.74) is 0.860. The fourth-order valence-electron chi connectivity index (χ4n) is 5.01. The Kier molecular flexibility index (Phi) is 3.98. The number of fused-ring (bicyclic) bond motifs is 3. The number of hydrogen-bond donors (Lipinski definition) is 2. The molecule has 2 N–H and O–H groups in total. The summed E-state index contributed by atoms with van der Waals surface area (Å²) in [7, 11) is 0. The Morgan fingerprint density at radius 2 is 2.14 bits per heavy atom. The third kappa shape index (κ3) is 2.71. The maximum Gasteiger partial charge on any atom is 0.258 e. The summed E-state index contributed by atoms with van der Waals surface area (Å²) < 4.78 is 6.36. The van der Waals surface area contributed by atoms with Crippen molar-refractivity contribution < 1.29 is 14.3 Å². The van der Waals surface area contributed by atoms with Gasteiger partial charge in [-0.15, -0.1) is 11.3 Å². The fraction of sp³-hybridized carbons (Fsp3) is 0.476. The van der Waals surface area contributed by atoms with Crippen molar-refractivity contribution in [2.45, 2.75) is 45.3 Å². The average molecular weight is 398 g/mol. The van der Waals surface area contributed by atoms with Gasteiger partial charge in [-0.1, -0.05) is 12.1 Å². The molecule has 2 amide bonds. The molecule has 28 heavy (non-hydrogen) atoms. The van der Waals surface area contributed by atoms with Crippen molar-refractivity contribution in [2.24, 2.45) is 17.8 Å². The number of nitrogens with zero attached hydrogens (tertiary/aromatic N) is 1. The first-order valence-electron chi connectivity index (χ1n) is 9.80. The van der Waals surface area contributed by atoms with Gasteiger partial charge in [0.05, 0.1) is 11.3 Å². The number of aromatic nitrogens is 1. The van der Waals surface area contributed by atoms with Crippen LogP contribution in [0.4, 0.5) is 5.13 Å². The largest absolute Gasteiger partial charge is 0.467 e. The lowest BCUT2D eigenvalue weighted by Gasteiger charge is -2.55. The van der Waals surface area contributed by atoms with Crippen molar-refractivity contribution in [1.82, 2.24) is 10.3 Å². The Morgan fingerprint density at radius 3 is 2.86 bits per heavy atom. The second kappa shape index (κ2) is 6.30. The number of rotatable bonds is 2. The van der Waals surface area contributed by atoms with E-state index in [9.17, 15) is 9.59 Å². The van der Waals surface area contributed by atoms with Crippen LogP contribution < -0.4 is 15.4 Å². The van der Waals surface area contributed by atoms with Crippen LogP contribution in [0.25, 0.3) is 0 Å². The molecule has 7 heteroatoms. The van der Waals surface area contributed by atoms with Crippen LogP contribution in [0.1, 0.15) is 46.6 Å². The molecule has 1 aliphatic heterocycles. The van der Waals surface area contributed by atoms with Gasteiger partial charge in [0.15, 0.2) is 10.9 Å². The summed E-state index contributed by atoms with van der Waals surface area (Å²) in [4.78, 5) is 31.1. The van der Waals surface area contributed by atoms with Gasteiger partial charge >= 0.3 is 0 Å². The highest BCUT2D eigenvalue weighted by atomic mass is 32.1. The molecule has 3 saturated carbocycles. The van der Waals surface area contributed by atoms with E-state index >= 15 is 0 Å². The first kappa shape index (κ1) is 17.7. The zero-order chi connectivity index (χ0) is 19.5. The first-order valence-corrected chi connectivity index (χ1v) is 10.6. The smallest absolute Gasteiger partial charge is 0.258 e. The first-order chi connectivity index (χ1) is 13.4. The van der Waals surface area contributed by atoms with Gasteiger partial charge in [0.2, 0.25) is 5.91 Å². The van der Waals surface area contributed by atoms with E-state index in [2.05, 4.69) is 15.6 Å². The SMILES string of the molecule is Cc1nc(NC(=O)[C@H]2C[C@@H]3CC[C@@H]2C[C@@]32NC(=O)c3ccccc3O2)sc1C. The van der Waals surface area contributed by atoms with Crippen LogP contribution in [0.3, 0.4) is 0 Å². The van der Waals surface area contributed by atoms with Crippen LogP contribution in [0.2, 0.25) is 0 Å². The Morgan fingerprint density at radius 1 is 1.32 bits per heavy atom. The van der Waals surface area contributed by atoms with Crippen molar-refractivity contribution in [1.29, 1.82) is 0 Å². The number of nitrogens with one attached hydrogen (secondary N) is 2. The molecule has 0 saturated heterocycles. The van der Waals surface area contributed by atoms with Crippen LogP contribution in [-0.4, -0.2) is 22.5 Å². The van der Waals surface area contributed by atoms with E-state index < -0.39 is 5.72 Å². The van der Waals surface area contributed by atoms with Crippen molar-refractivity contribution in [2.75, 3.05) is 5.32 Å². The molecule has 1 spiro atoms. The Balaban J connectivity index is 1.35. The van der Waals surface area contributed by atoms with Crippen molar-refractivity contribution in [3.8, 4) is 5.75 Å². The van der Waals surface area contributed by atoms with Crippen molar-refractivity contribution in [3.05, 3.63) is 40.4 Å². The van der Waals surface area contributed by atoms with Gasteiger partial charge in [0, 0.05) is 23.1 Å². The molecular formula is C21H23N3O3S. The predicted molar refractivity (Wildman–Crippen MR) is 106 cm³/mol. The molecule has 2 heterocycles. The topological polar surface area (TPSA) is 80.3 Å². The van der Waals surface area contributed by atoms with Crippen LogP contribution in [0.15, 0.2) is 24.3 Å². The zero-order valence-electron chi connectivity index (χ0n) is 16.0. The summed E-state index contributed by atoms with van der Waals surface area (Å²) in [5.74, 6) is 0.869. The van der Waals surface area contributed by atoms with E-state index in [1.807, 2.05) is 32.0 Å². The molecule has 1 aromatic carbocycles. The number of carbonyl (C=O) groups is 2. The van der Waals surface area contributed by atoms with Crippen LogP contribution in [-0.2, 0) is 4.79 Å². The summed E-state index contributed by atoms with van der Waals surface area (Å²) in [6.07, 6.45) is 3.35. The number of para-hydroxylation sites is 1. The van der Waals surface area contributed by atoms with Gasteiger partial charge in [-0.3, -0.25) is 9.59 Å². The maximum absolute atomic E-state index is 12.9. The number of amides is 2. The standard InChI is InChI=1S/C21H23N3O3S/c1-11-12(2)28-20(22-11)23-18(25)16-9-14-8-7-13(16)10-21(14)24-19(26)15-5-3-4-6-17(15)27-21/h3-6,13-14,16H,7-10H2,1-2H3,(H,24,26)(H,22,23,25)/t13-,14+,16+,21+/m1/s1. The number of thiazole rings is 1. The summed E-state index contributed by atoms with van der Waals surface area (Å²) >= 11 is 1.52. The molecule has 146 valence electrons. The lowest BCUT2D eigenvalue weighted by Crippen LogP contribution is -2.66. The molecule has 6 nitrogen and oxygen atoms in total. The molecule has 0 radical (unpaired) electrons. The van der Waals surface area contributed by atoms with Crippen LogP contribution in [0, 0.1) is 31.6 Å². The molecule has 4 aliphatic rings. The molecule has 4 atom stereocenters. The molecule has 2 bridgehead atoms. The van der Waals surface area contributed by atoms with Gasteiger partial charge in [0.1, 0.15) is 5.75 Å².